The van der Waals surface area contributed by atoms with Crippen molar-refractivity contribution < 1.29 is 8.78 Å². The van der Waals surface area contributed by atoms with Gasteiger partial charge in [0.2, 0.25) is 0 Å². The van der Waals surface area contributed by atoms with Crippen LogP contribution in [0.1, 0.15) is 31.7 Å². The minimum Gasteiger partial charge on any atom is -0.378 e. The van der Waals surface area contributed by atoms with E-state index in [0.717, 1.165) is 12.3 Å². The lowest BCUT2D eigenvalue weighted by Crippen LogP contribution is -2.18. The van der Waals surface area contributed by atoms with Crippen LogP contribution in [-0.4, -0.2) is 6.04 Å². The van der Waals surface area contributed by atoms with Crippen molar-refractivity contribution in [3.63, 3.8) is 0 Å². The summed E-state index contributed by atoms with van der Waals surface area (Å²) in [6.07, 6.45) is 3.50. The van der Waals surface area contributed by atoms with E-state index in [4.69, 9.17) is 0 Å². The molecule has 0 saturated heterocycles. The molecular formula is C13H17F2N. The molecule has 88 valence electrons. The second-order valence-corrected chi connectivity index (χ2v) is 4.78. The van der Waals surface area contributed by atoms with Crippen LogP contribution in [0.15, 0.2) is 12.1 Å². The third kappa shape index (κ3) is 2.52. The van der Waals surface area contributed by atoms with E-state index in [9.17, 15) is 8.78 Å². The van der Waals surface area contributed by atoms with Gasteiger partial charge >= 0.3 is 0 Å². The maximum absolute atomic E-state index is 13.7. The zero-order valence-electron chi connectivity index (χ0n) is 9.69. The van der Waals surface area contributed by atoms with E-state index in [0.29, 0.717) is 5.56 Å². The van der Waals surface area contributed by atoms with Crippen molar-refractivity contribution in [2.75, 3.05) is 5.32 Å². The fourth-order valence-electron chi connectivity index (χ4n) is 1.95. The fourth-order valence-corrected chi connectivity index (χ4v) is 1.95. The van der Waals surface area contributed by atoms with E-state index < -0.39 is 11.6 Å². The van der Waals surface area contributed by atoms with Crippen LogP contribution in [0.2, 0.25) is 0 Å². The van der Waals surface area contributed by atoms with Gasteiger partial charge in [-0.2, -0.15) is 0 Å². The Bertz CT molecular complexity index is 386. The van der Waals surface area contributed by atoms with Crippen LogP contribution in [0.3, 0.4) is 0 Å². The van der Waals surface area contributed by atoms with Crippen molar-refractivity contribution in [1.82, 2.24) is 0 Å². The third-order valence-corrected chi connectivity index (χ3v) is 3.06. The zero-order chi connectivity index (χ0) is 11.7. The molecule has 0 spiro atoms. The smallest absolute Gasteiger partial charge is 0.152 e. The molecule has 1 aromatic carbocycles. The van der Waals surface area contributed by atoms with Crippen molar-refractivity contribution in [1.29, 1.82) is 0 Å². The summed E-state index contributed by atoms with van der Waals surface area (Å²) >= 11 is 0. The Balaban J connectivity index is 2.09. The minimum absolute atomic E-state index is 0.0214. The summed E-state index contributed by atoms with van der Waals surface area (Å²) in [5.74, 6) is -0.230. The van der Waals surface area contributed by atoms with Crippen molar-refractivity contribution in [3.8, 4) is 0 Å². The standard InChI is InChI=1S/C13H17F2N/c1-8-3-6-11(14)13(12(8)15)16-9(2)7-10-4-5-10/h3,6,9-10,16H,4-5,7H2,1-2H3. The van der Waals surface area contributed by atoms with Gasteiger partial charge in [-0.1, -0.05) is 18.9 Å². The Kier molecular flexibility index (Phi) is 3.13. The quantitative estimate of drug-likeness (QED) is 0.820. The molecule has 1 aliphatic rings. The number of hydrogen-bond donors (Lipinski definition) is 1. The summed E-state index contributed by atoms with van der Waals surface area (Å²) in [4.78, 5) is 0. The van der Waals surface area contributed by atoms with Gasteiger partial charge in [0.05, 0.1) is 0 Å². The van der Waals surface area contributed by atoms with E-state index in [-0.39, 0.29) is 11.7 Å². The molecule has 1 atom stereocenters. The van der Waals surface area contributed by atoms with E-state index in [1.165, 1.54) is 25.0 Å². The van der Waals surface area contributed by atoms with Crippen LogP contribution in [0.5, 0.6) is 0 Å². The highest BCUT2D eigenvalue weighted by atomic mass is 19.1. The Hall–Kier alpha value is -1.12. The molecule has 0 amide bonds. The molecular weight excluding hydrogens is 208 g/mol. The van der Waals surface area contributed by atoms with E-state index in [1.54, 1.807) is 6.92 Å². The maximum Gasteiger partial charge on any atom is 0.152 e. The highest BCUT2D eigenvalue weighted by Crippen LogP contribution is 2.34. The predicted molar refractivity (Wildman–Crippen MR) is 61.5 cm³/mol. The SMILES string of the molecule is Cc1ccc(F)c(NC(C)CC2CC2)c1F. The highest BCUT2D eigenvalue weighted by Gasteiger charge is 2.24. The van der Waals surface area contributed by atoms with Crippen LogP contribution in [-0.2, 0) is 0 Å². The lowest BCUT2D eigenvalue weighted by molar-refractivity contribution is 0.568. The molecule has 0 bridgehead atoms. The molecule has 0 aromatic heterocycles. The zero-order valence-corrected chi connectivity index (χ0v) is 9.69. The number of aryl methyl sites for hydroxylation is 1. The van der Waals surface area contributed by atoms with Crippen molar-refractivity contribution >= 4 is 5.69 Å². The van der Waals surface area contributed by atoms with Gasteiger partial charge in [0.1, 0.15) is 11.5 Å². The monoisotopic (exact) mass is 225 g/mol. The molecule has 1 aromatic rings. The van der Waals surface area contributed by atoms with E-state index in [1.807, 2.05) is 6.92 Å². The Morgan fingerprint density at radius 3 is 2.69 bits per heavy atom. The topological polar surface area (TPSA) is 12.0 Å². The Labute approximate surface area is 94.9 Å². The third-order valence-electron chi connectivity index (χ3n) is 3.06. The predicted octanol–water partition coefficient (Wildman–Crippen LogP) is 3.87. The Morgan fingerprint density at radius 1 is 1.38 bits per heavy atom. The molecule has 1 unspecified atom stereocenters. The molecule has 1 fully saturated rings. The lowest BCUT2D eigenvalue weighted by atomic mass is 10.1. The number of benzene rings is 1. The van der Waals surface area contributed by atoms with Crippen LogP contribution in [0.25, 0.3) is 0 Å². The molecule has 1 saturated carbocycles. The molecule has 1 aliphatic carbocycles. The van der Waals surface area contributed by atoms with Crippen LogP contribution in [0.4, 0.5) is 14.5 Å². The molecule has 0 radical (unpaired) electrons. The highest BCUT2D eigenvalue weighted by molar-refractivity contribution is 5.49. The first-order valence-corrected chi connectivity index (χ1v) is 5.79. The van der Waals surface area contributed by atoms with Crippen molar-refractivity contribution in [2.24, 2.45) is 5.92 Å². The maximum atomic E-state index is 13.7. The van der Waals surface area contributed by atoms with Gasteiger partial charge in [-0.3, -0.25) is 0 Å². The first-order valence-electron chi connectivity index (χ1n) is 5.79. The summed E-state index contributed by atoms with van der Waals surface area (Å²) in [6.45, 7) is 3.62. The van der Waals surface area contributed by atoms with E-state index in [2.05, 4.69) is 5.32 Å². The van der Waals surface area contributed by atoms with Crippen LogP contribution in [0, 0.1) is 24.5 Å². The van der Waals surface area contributed by atoms with Gasteiger partial charge in [-0.25, -0.2) is 8.78 Å². The minimum atomic E-state index is -0.509. The van der Waals surface area contributed by atoms with Gasteiger partial charge in [-0.05, 0) is 37.8 Å². The van der Waals surface area contributed by atoms with Gasteiger partial charge in [0.15, 0.2) is 5.82 Å². The summed E-state index contributed by atoms with van der Waals surface area (Å²) in [5.41, 5.74) is 0.496. The lowest BCUT2D eigenvalue weighted by Gasteiger charge is -2.16. The Morgan fingerprint density at radius 2 is 2.06 bits per heavy atom. The molecule has 1 nitrogen and oxygen atoms in total. The molecule has 0 aliphatic heterocycles. The second kappa shape index (κ2) is 4.40. The average molecular weight is 225 g/mol. The molecule has 2 rings (SSSR count). The van der Waals surface area contributed by atoms with E-state index >= 15 is 0 Å². The summed E-state index contributed by atoms with van der Waals surface area (Å²) < 4.78 is 27.1. The van der Waals surface area contributed by atoms with Crippen molar-refractivity contribution in [3.05, 3.63) is 29.3 Å². The first kappa shape index (κ1) is 11.4. The number of rotatable bonds is 4. The normalized spacial score (nSPS) is 17.2. The van der Waals surface area contributed by atoms with Gasteiger partial charge in [0.25, 0.3) is 0 Å². The average Bonchev–Trinajstić information content (AvgIpc) is 3.02. The van der Waals surface area contributed by atoms with Gasteiger partial charge in [0, 0.05) is 6.04 Å². The largest absolute Gasteiger partial charge is 0.378 e. The van der Waals surface area contributed by atoms with Crippen LogP contribution >= 0.6 is 0 Å². The molecule has 16 heavy (non-hydrogen) atoms. The van der Waals surface area contributed by atoms with Crippen molar-refractivity contribution in [2.45, 2.75) is 39.2 Å². The number of anilines is 1. The molecule has 3 heteroatoms. The first-order chi connectivity index (χ1) is 7.58. The van der Waals surface area contributed by atoms with Crippen LogP contribution < -0.4 is 5.32 Å². The molecule has 1 N–H and O–H groups in total. The fraction of sp³-hybridized carbons (Fsp3) is 0.538. The van der Waals surface area contributed by atoms with Gasteiger partial charge < -0.3 is 5.32 Å². The van der Waals surface area contributed by atoms with Gasteiger partial charge in [-0.15, -0.1) is 0 Å². The summed E-state index contributed by atoms with van der Waals surface area (Å²) in [5, 5.41) is 2.94. The second-order valence-electron chi connectivity index (χ2n) is 4.78. The number of hydrogen-bond acceptors (Lipinski definition) is 1. The molecule has 0 heterocycles. The summed E-state index contributed by atoms with van der Waals surface area (Å²) in [7, 11) is 0. The summed E-state index contributed by atoms with van der Waals surface area (Å²) in [6, 6.07) is 2.89. The number of halogens is 2. The number of nitrogens with one attached hydrogen (secondary N) is 1.